The zero-order valence-electron chi connectivity index (χ0n) is 14.4. The van der Waals surface area contributed by atoms with Gasteiger partial charge in [-0.05, 0) is 60.5 Å². The van der Waals surface area contributed by atoms with Gasteiger partial charge in [-0.25, -0.2) is 0 Å². The molecule has 4 rings (SSSR count). The van der Waals surface area contributed by atoms with Gasteiger partial charge in [-0.1, -0.05) is 43.2 Å². The predicted octanol–water partition coefficient (Wildman–Crippen LogP) is 4.98. The minimum absolute atomic E-state index is 0.0823. The molecule has 0 atom stereocenters. The van der Waals surface area contributed by atoms with Crippen LogP contribution in [0.25, 0.3) is 6.08 Å². The highest BCUT2D eigenvalue weighted by molar-refractivity contribution is 8.18. The first-order valence-corrected chi connectivity index (χ1v) is 9.69. The first kappa shape index (κ1) is 16.9. The summed E-state index contributed by atoms with van der Waals surface area (Å²) >= 11 is 1.42. The van der Waals surface area contributed by atoms with Gasteiger partial charge < -0.3 is 10.1 Å². The quantitative estimate of drug-likeness (QED) is 0.778. The molecule has 0 unspecified atom stereocenters. The third-order valence-electron chi connectivity index (χ3n) is 4.41. The summed E-state index contributed by atoms with van der Waals surface area (Å²) in [6.07, 6.45) is 6.60. The van der Waals surface area contributed by atoms with E-state index < -0.39 is 0 Å². The molecule has 5 heteroatoms. The van der Waals surface area contributed by atoms with Crippen molar-refractivity contribution in [2.75, 3.05) is 0 Å². The molecule has 1 aliphatic heterocycles. The molecule has 0 bridgehead atoms. The van der Waals surface area contributed by atoms with Gasteiger partial charge in [0.25, 0.3) is 5.91 Å². The average molecular weight is 364 g/mol. The molecule has 1 N–H and O–H groups in total. The largest absolute Gasteiger partial charge is 0.457 e. The molecule has 2 fully saturated rings. The Morgan fingerprint density at radius 3 is 2.62 bits per heavy atom. The second-order valence-electron chi connectivity index (χ2n) is 6.42. The van der Waals surface area contributed by atoms with Gasteiger partial charge in [0.15, 0.2) is 5.17 Å². The molecule has 4 nitrogen and oxygen atoms in total. The van der Waals surface area contributed by atoms with Crippen molar-refractivity contribution in [2.24, 2.45) is 4.99 Å². The fraction of sp³-hybridized carbons (Fsp3) is 0.238. The molecule has 132 valence electrons. The molecular formula is C21H20N2O2S. The van der Waals surface area contributed by atoms with E-state index in [-0.39, 0.29) is 5.91 Å². The van der Waals surface area contributed by atoms with Crippen LogP contribution in [-0.4, -0.2) is 17.1 Å². The van der Waals surface area contributed by atoms with Crippen molar-refractivity contribution in [3.05, 3.63) is 65.1 Å². The summed E-state index contributed by atoms with van der Waals surface area (Å²) in [6, 6.07) is 17.7. The van der Waals surface area contributed by atoms with E-state index in [4.69, 9.17) is 4.74 Å². The summed E-state index contributed by atoms with van der Waals surface area (Å²) in [5.41, 5.74) is 0.929. The van der Waals surface area contributed by atoms with Crippen LogP contribution in [0.2, 0.25) is 0 Å². The van der Waals surface area contributed by atoms with Gasteiger partial charge in [-0.3, -0.25) is 9.79 Å². The SMILES string of the molecule is O=C1NC(=NC2CCCC2)SC1=Cc1cccc(Oc2ccccc2)c1. The Kier molecular flexibility index (Phi) is 5.07. The van der Waals surface area contributed by atoms with E-state index in [2.05, 4.69) is 10.3 Å². The van der Waals surface area contributed by atoms with E-state index in [1.165, 1.54) is 24.6 Å². The number of amides is 1. The number of carbonyl (C=O) groups is 1. The van der Waals surface area contributed by atoms with Crippen LogP contribution in [0, 0.1) is 0 Å². The number of ether oxygens (including phenoxy) is 1. The monoisotopic (exact) mass is 364 g/mol. The minimum atomic E-state index is -0.0823. The van der Waals surface area contributed by atoms with Crippen LogP contribution in [-0.2, 0) is 4.79 Å². The molecule has 1 aliphatic carbocycles. The number of aliphatic imine (C=N–C) groups is 1. The van der Waals surface area contributed by atoms with Crippen LogP contribution in [0.15, 0.2) is 64.5 Å². The van der Waals surface area contributed by atoms with Crippen LogP contribution in [0.5, 0.6) is 11.5 Å². The zero-order chi connectivity index (χ0) is 17.8. The maximum absolute atomic E-state index is 12.2. The van der Waals surface area contributed by atoms with E-state index in [1.54, 1.807) is 0 Å². The van der Waals surface area contributed by atoms with Gasteiger partial charge in [0.2, 0.25) is 0 Å². The second-order valence-corrected chi connectivity index (χ2v) is 7.46. The highest BCUT2D eigenvalue weighted by Crippen LogP contribution is 2.30. The standard InChI is InChI=1S/C21H20N2O2S/c24-20-19(26-21(23-20)22-16-8-4-5-9-16)14-15-7-6-12-18(13-15)25-17-10-2-1-3-11-17/h1-3,6-7,10-14,16H,4-5,8-9H2,(H,22,23,24). The molecular weight excluding hydrogens is 344 g/mol. The molecule has 2 aromatic rings. The van der Waals surface area contributed by atoms with Crippen molar-refractivity contribution in [3.63, 3.8) is 0 Å². The highest BCUT2D eigenvalue weighted by Gasteiger charge is 2.25. The molecule has 1 amide bonds. The Morgan fingerprint density at radius 2 is 1.81 bits per heavy atom. The van der Waals surface area contributed by atoms with Gasteiger partial charge >= 0.3 is 0 Å². The second kappa shape index (κ2) is 7.79. The minimum Gasteiger partial charge on any atom is -0.457 e. The summed E-state index contributed by atoms with van der Waals surface area (Å²) in [6.45, 7) is 0. The third kappa shape index (κ3) is 4.17. The highest BCUT2D eigenvalue weighted by atomic mass is 32.2. The van der Waals surface area contributed by atoms with E-state index in [9.17, 15) is 4.79 Å². The Morgan fingerprint density at radius 1 is 1.04 bits per heavy atom. The van der Waals surface area contributed by atoms with Crippen LogP contribution in [0.3, 0.4) is 0 Å². The van der Waals surface area contributed by atoms with Gasteiger partial charge in [-0.15, -0.1) is 0 Å². The Bertz CT molecular complexity index is 855. The molecule has 26 heavy (non-hydrogen) atoms. The lowest BCUT2D eigenvalue weighted by Gasteiger charge is -2.06. The van der Waals surface area contributed by atoms with Crippen molar-refractivity contribution in [1.29, 1.82) is 0 Å². The van der Waals surface area contributed by atoms with Gasteiger partial charge in [-0.2, -0.15) is 0 Å². The number of nitrogens with zero attached hydrogens (tertiary/aromatic N) is 1. The number of benzene rings is 2. The summed E-state index contributed by atoms with van der Waals surface area (Å²) in [5, 5.41) is 3.61. The number of para-hydroxylation sites is 1. The van der Waals surface area contributed by atoms with Gasteiger partial charge in [0.1, 0.15) is 11.5 Å². The molecule has 1 saturated heterocycles. The molecule has 2 aromatic carbocycles. The molecule has 0 aromatic heterocycles. The summed E-state index contributed by atoms with van der Waals surface area (Å²) in [4.78, 5) is 17.6. The lowest BCUT2D eigenvalue weighted by molar-refractivity contribution is -0.115. The number of hydrogen-bond acceptors (Lipinski definition) is 4. The van der Waals surface area contributed by atoms with Crippen LogP contribution in [0.4, 0.5) is 0 Å². The first-order valence-electron chi connectivity index (χ1n) is 8.88. The smallest absolute Gasteiger partial charge is 0.264 e. The Labute approximate surface area is 157 Å². The van der Waals surface area contributed by atoms with Crippen LogP contribution in [0.1, 0.15) is 31.2 Å². The van der Waals surface area contributed by atoms with E-state index in [1.807, 2.05) is 60.7 Å². The van der Waals surface area contributed by atoms with E-state index in [0.717, 1.165) is 35.1 Å². The van der Waals surface area contributed by atoms with Crippen molar-refractivity contribution < 1.29 is 9.53 Å². The molecule has 1 heterocycles. The van der Waals surface area contributed by atoms with Gasteiger partial charge in [0, 0.05) is 0 Å². The molecule has 0 radical (unpaired) electrons. The maximum Gasteiger partial charge on any atom is 0.264 e. The van der Waals surface area contributed by atoms with E-state index in [0.29, 0.717) is 10.9 Å². The van der Waals surface area contributed by atoms with Crippen molar-refractivity contribution in [2.45, 2.75) is 31.7 Å². The number of amidine groups is 1. The lowest BCUT2D eigenvalue weighted by atomic mass is 10.2. The van der Waals surface area contributed by atoms with Crippen molar-refractivity contribution in [3.8, 4) is 11.5 Å². The summed E-state index contributed by atoms with van der Waals surface area (Å²) in [5.74, 6) is 1.45. The molecule has 1 saturated carbocycles. The van der Waals surface area contributed by atoms with Crippen LogP contribution < -0.4 is 10.1 Å². The predicted molar refractivity (Wildman–Crippen MR) is 106 cm³/mol. The fourth-order valence-corrected chi connectivity index (χ4v) is 4.02. The summed E-state index contributed by atoms with van der Waals surface area (Å²) < 4.78 is 5.86. The molecule has 0 spiro atoms. The third-order valence-corrected chi connectivity index (χ3v) is 5.33. The van der Waals surface area contributed by atoms with Gasteiger partial charge in [0.05, 0.1) is 10.9 Å². The normalized spacial score (nSPS) is 20.7. The number of nitrogens with one attached hydrogen (secondary N) is 1. The van der Waals surface area contributed by atoms with Crippen molar-refractivity contribution in [1.82, 2.24) is 5.32 Å². The average Bonchev–Trinajstić information content (AvgIpc) is 3.27. The number of carbonyl (C=O) groups excluding carboxylic acids is 1. The Balaban J connectivity index is 1.49. The lowest BCUT2D eigenvalue weighted by Crippen LogP contribution is -2.21. The zero-order valence-corrected chi connectivity index (χ0v) is 15.2. The van der Waals surface area contributed by atoms with E-state index >= 15 is 0 Å². The maximum atomic E-state index is 12.2. The number of hydrogen-bond donors (Lipinski definition) is 1. The fourth-order valence-electron chi connectivity index (χ4n) is 3.13. The first-order chi connectivity index (χ1) is 12.8. The topological polar surface area (TPSA) is 50.7 Å². The van der Waals surface area contributed by atoms with Crippen molar-refractivity contribution >= 4 is 28.9 Å². The van der Waals surface area contributed by atoms with Crippen LogP contribution >= 0.6 is 11.8 Å². The number of rotatable bonds is 4. The summed E-state index contributed by atoms with van der Waals surface area (Å²) in [7, 11) is 0. The Hall–Kier alpha value is -2.53. The molecule has 2 aliphatic rings. The number of thioether (sulfide) groups is 1.